The highest BCUT2D eigenvalue weighted by Crippen LogP contribution is 2.23. The predicted molar refractivity (Wildman–Crippen MR) is 87.9 cm³/mol. The third kappa shape index (κ3) is 3.19. The molecule has 0 aliphatic heterocycles. The van der Waals surface area contributed by atoms with Crippen LogP contribution in [0.2, 0.25) is 5.02 Å². The Balaban J connectivity index is 1.70. The Morgan fingerprint density at radius 3 is 2.52 bits per heavy atom. The summed E-state index contributed by atoms with van der Waals surface area (Å²) >= 11 is 6.08. The number of para-hydroxylation sites is 1. The minimum Gasteiger partial charge on any atom is -0.478 e. The lowest BCUT2D eigenvalue weighted by Crippen LogP contribution is -2.23. The molecular weight excluding hydrogens is 316 g/mol. The first-order valence-electron chi connectivity index (χ1n) is 6.92. The van der Waals surface area contributed by atoms with E-state index >= 15 is 0 Å². The quantitative estimate of drug-likeness (QED) is 0.686. The van der Waals surface area contributed by atoms with E-state index in [2.05, 4.69) is 10.3 Å². The maximum atomic E-state index is 12.2. The maximum absolute atomic E-state index is 12.2. The molecule has 23 heavy (non-hydrogen) atoms. The van der Waals surface area contributed by atoms with Crippen LogP contribution in [-0.4, -0.2) is 22.0 Å². The highest BCUT2D eigenvalue weighted by Gasteiger charge is 2.11. The van der Waals surface area contributed by atoms with Crippen LogP contribution in [0.15, 0.2) is 48.5 Å². The van der Waals surface area contributed by atoms with Gasteiger partial charge in [0, 0.05) is 11.9 Å². The van der Waals surface area contributed by atoms with Crippen LogP contribution >= 0.6 is 11.6 Å². The number of fused-ring (bicyclic) bond motifs is 1. The minimum absolute atomic E-state index is 0.213. The summed E-state index contributed by atoms with van der Waals surface area (Å²) < 4.78 is 0. The van der Waals surface area contributed by atoms with Crippen molar-refractivity contribution in [3.05, 3.63) is 70.4 Å². The van der Waals surface area contributed by atoms with E-state index in [-0.39, 0.29) is 11.5 Å². The van der Waals surface area contributed by atoms with Crippen molar-refractivity contribution in [2.24, 2.45) is 0 Å². The fourth-order valence-corrected chi connectivity index (χ4v) is 2.51. The number of hydrogen-bond acceptors (Lipinski definition) is 2. The third-order valence-electron chi connectivity index (χ3n) is 3.50. The molecule has 1 aromatic heterocycles. The summed E-state index contributed by atoms with van der Waals surface area (Å²) in [5, 5.41) is 13.1. The lowest BCUT2D eigenvalue weighted by molar-refractivity contribution is 0.0696. The smallest absolute Gasteiger partial charge is 0.335 e. The molecule has 1 amide bonds. The van der Waals surface area contributed by atoms with Gasteiger partial charge in [-0.25, -0.2) is 4.79 Å². The van der Waals surface area contributed by atoms with Crippen molar-refractivity contribution in [3.8, 4) is 0 Å². The lowest BCUT2D eigenvalue weighted by Gasteiger charge is -2.04. The van der Waals surface area contributed by atoms with Gasteiger partial charge in [-0.1, -0.05) is 35.9 Å². The standard InChI is InChI=1S/C17H13ClN2O3/c18-13-3-1-2-12-8-14(20-15(12)13)16(21)19-9-10-4-6-11(7-5-10)17(22)23/h1-8,20H,9H2,(H,19,21)(H,22,23). The van der Waals surface area contributed by atoms with Crippen molar-refractivity contribution in [2.75, 3.05) is 0 Å². The van der Waals surface area contributed by atoms with E-state index in [4.69, 9.17) is 16.7 Å². The number of rotatable bonds is 4. The molecule has 0 saturated carbocycles. The zero-order valence-electron chi connectivity index (χ0n) is 12.0. The van der Waals surface area contributed by atoms with Crippen LogP contribution in [0.1, 0.15) is 26.4 Å². The van der Waals surface area contributed by atoms with Crippen LogP contribution in [0, 0.1) is 0 Å². The summed E-state index contributed by atoms with van der Waals surface area (Å²) in [6, 6.07) is 13.6. The molecule has 3 rings (SSSR count). The molecule has 0 spiro atoms. The number of carboxylic acid groups (broad SMARTS) is 1. The Kier molecular flexibility index (Phi) is 4.04. The SMILES string of the molecule is O=C(O)c1ccc(CNC(=O)c2cc3cccc(Cl)c3[nH]2)cc1. The zero-order valence-corrected chi connectivity index (χ0v) is 12.7. The molecule has 0 fully saturated rings. The van der Waals surface area contributed by atoms with E-state index in [9.17, 15) is 9.59 Å². The number of benzene rings is 2. The van der Waals surface area contributed by atoms with Crippen molar-refractivity contribution in [2.45, 2.75) is 6.54 Å². The average Bonchev–Trinajstić information content (AvgIpc) is 2.99. The number of aromatic amines is 1. The van der Waals surface area contributed by atoms with Gasteiger partial charge in [-0.15, -0.1) is 0 Å². The Bertz CT molecular complexity index is 884. The van der Waals surface area contributed by atoms with E-state index in [0.717, 1.165) is 16.5 Å². The molecule has 6 heteroatoms. The van der Waals surface area contributed by atoms with Crippen LogP contribution < -0.4 is 5.32 Å². The highest BCUT2D eigenvalue weighted by molar-refractivity contribution is 6.35. The van der Waals surface area contributed by atoms with Gasteiger partial charge in [0.25, 0.3) is 5.91 Å². The largest absolute Gasteiger partial charge is 0.478 e. The molecule has 0 saturated heterocycles. The summed E-state index contributed by atoms with van der Waals surface area (Å²) in [4.78, 5) is 26.0. The van der Waals surface area contributed by atoms with Crippen molar-refractivity contribution in [1.29, 1.82) is 0 Å². The summed E-state index contributed by atoms with van der Waals surface area (Å²) in [5.41, 5.74) is 2.18. The molecular formula is C17H13ClN2O3. The lowest BCUT2D eigenvalue weighted by atomic mass is 10.1. The van der Waals surface area contributed by atoms with E-state index < -0.39 is 5.97 Å². The number of H-pyrrole nitrogens is 1. The van der Waals surface area contributed by atoms with Crippen LogP contribution in [0.25, 0.3) is 10.9 Å². The molecule has 0 unspecified atom stereocenters. The molecule has 0 atom stereocenters. The molecule has 0 aliphatic carbocycles. The van der Waals surface area contributed by atoms with Crippen molar-refractivity contribution >= 4 is 34.4 Å². The molecule has 5 nitrogen and oxygen atoms in total. The van der Waals surface area contributed by atoms with E-state index in [1.807, 2.05) is 12.1 Å². The van der Waals surface area contributed by atoms with Crippen molar-refractivity contribution < 1.29 is 14.7 Å². The fourth-order valence-electron chi connectivity index (χ4n) is 2.28. The number of hydrogen-bond donors (Lipinski definition) is 3. The first-order chi connectivity index (χ1) is 11.0. The topological polar surface area (TPSA) is 82.2 Å². The second-order valence-electron chi connectivity index (χ2n) is 5.07. The first kappa shape index (κ1) is 15.1. The molecule has 3 aromatic rings. The van der Waals surface area contributed by atoms with Gasteiger partial charge in [0.1, 0.15) is 5.69 Å². The average molecular weight is 329 g/mol. The summed E-state index contributed by atoms with van der Waals surface area (Å²) in [6.45, 7) is 0.307. The van der Waals surface area contributed by atoms with Gasteiger partial charge in [0.05, 0.1) is 16.1 Å². The van der Waals surface area contributed by atoms with Crippen LogP contribution in [0.4, 0.5) is 0 Å². The summed E-state index contributed by atoms with van der Waals surface area (Å²) in [6.07, 6.45) is 0. The normalized spacial score (nSPS) is 10.7. The van der Waals surface area contributed by atoms with E-state index in [1.54, 1.807) is 24.3 Å². The molecule has 0 bridgehead atoms. The van der Waals surface area contributed by atoms with Crippen LogP contribution in [0.3, 0.4) is 0 Å². The molecule has 116 valence electrons. The maximum Gasteiger partial charge on any atom is 0.335 e. The van der Waals surface area contributed by atoms with E-state index in [1.165, 1.54) is 12.1 Å². The number of carbonyl (C=O) groups excluding carboxylic acids is 1. The van der Waals surface area contributed by atoms with Gasteiger partial charge < -0.3 is 15.4 Å². The summed E-state index contributed by atoms with van der Waals surface area (Å²) in [5.74, 6) is -1.23. The van der Waals surface area contributed by atoms with Gasteiger partial charge in [0.15, 0.2) is 0 Å². The Morgan fingerprint density at radius 2 is 1.87 bits per heavy atom. The number of aromatic carboxylic acids is 1. The number of halogens is 1. The van der Waals surface area contributed by atoms with Gasteiger partial charge in [-0.3, -0.25) is 4.79 Å². The number of amides is 1. The second kappa shape index (κ2) is 6.14. The first-order valence-corrected chi connectivity index (χ1v) is 7.30. The number of aromatic nitrogens is 1. The zero-order chi connectivity index (χ0) is 16.4. The highest BCUT2D eigenvalue weighted by atomic mass is 35.5. The predicted octanol–water partition coefficient (Wildman–Crippen LogP) is 3.45. The van der Waals surface area contributed by atoms with Gasteiger partial charge >= 0.3 is 5.97 Å². The molecule has 0 radical (unpaired) electrons. The van der Waals surface area contributed by atoms with Crippen molar-refractivity contribution in [3.63, 3.8) is 0 Å². The molecule has 3 N–H and O–H groups in total. The second-order valence-corrected chi connectivity index (χ2v) is 5.48. The Morgan fingerprint density at radius 1 is 1.13 bits per heavy atom. The molecule has 1 heterocycles. The van der Waals surface area contributed by atoms with Crippen molar-refractivity contribution in [1.82, 2.24) is 10.3 Å². The number of nitrogens with one attached hydrogen (secondary N) is 2. The van der Waals surface area contributed by atoms with Gasteiger partial charge in [-0.2, -0.15) is 0 Å². The summed E-state index contributed by atoms with van der Waals surface area (Å²) in [7, 11) is 0. The van der Waals surface area contributed by atoms with Gasteiger partial charge in [-0.05, 0) is 29.8 Å². The van der Waals surface area contributed by atoms with E-state index in [0.29, 0.717) is 17.3 Å². The third-order valence-corrected chi connectivity index (χ3v) is 3.82. The molecule has 0 aliphatic rings. The van der Waals surface area contributed by atoms with Crippen LogP contribution in [0.5, 0.6) is 0 Å². The fraction of sp³-hybridized carbons (Fsp3) is 0.0588. The Hall–Kier alpha value is -2.79. The minimum atomic E-state index is -0.976. The van der Waals surface area contributed by atoms with Crippen LogP contribution in [-0.2, 0) is 6.54 Å². The van der Waals surface area contributed by atoms with Gasteiger partial charge in [0.2, 0.25) is 0 Å². The number of carboxylic acids is 1. The monoisotopic (exact) mass is 328 g/mol. The Labute approximate surface area is 136 Å². The molecule has 2 aromatic carbocycles. The number of carbonyl (C=O) groups is 2.